The minimum atomic E-state index is -4.59. The van der Waals surface area contributed by atoms with Crippen molar-refractivity contribution in [2.75, 3.05) is 0 Å². The predicted octanol–water partition coefficient (Wildman–Crippen LogP) is 3.50. The van der Waals surface area contributed by atoms with Crippen LogP contribution in [0.1, 0.15) is 20.3 Å². The Balaban J connectivity index is 1.87. The van der Waals surface area contributed by atoms with Crippen LogP contribution in [0.2, 0.25) is 0 Å². The van der Waals surface area contributed by atoms with E-state index in [-0.39, 0.29) is 6.42 Å². The van der Waals surface area contributed by atoms with E-state index >= 15 is 0 Å². The summed E-state index contributed by atoms with van der Waals surface area (Å²) in [7, 11) is 0. The van der Waals surface area contributed by atoms with Gasteiger partial charge in [0.15, 0.2) is 11.9 Å². The Morgan fingerprint density at radius 1 is 1.28 bits per heavy atom. The van der Waals surface area contributed by atoms with Crippen LogP contribution in [0.3, 0.4) is 0 Å². The van der Waals surface area contributed by atoms with Crippen LogP contribution in [0.4, 0.5) is 17.6 Å². The molecule has 134 valence electrons. The van der Waals surface area contributed by atoms with Gasteiger partial charge in [-0.1, -0.05) is 0 Å². The molecule has 2 N–H and O–H groups in total. The predicted molar refractivity (Wildman–Crippen MR) is 84.0 cm³/mol. The van der Waals surface area contributed by atoms with Crippen LogP contribution in [0.5, 0.6) is 0 Å². The van der Waals surface area contributed by atoms with Crippen LogP contribution in [0.25, 0.3) is 0 Å². The Kier molecular flexibility index (Phi) is 4.42. The van der Waals surface area contributed by atoms with Crippen LogP contribution in [-0.4, -0.2) is 23.5 Å². The van der Waals surface area contributed by atoms with E-state index in [4.69, 9.17) is 0 Å². The van der Waals surface area contributed by atoms with Crippen molar-refractivity contribution in [1.29, 1.82) is 0 Å². The third-order valence-corrected chi connectivity index (χ3v) is 3.82. The minimum absolute atomic E-state index is 0.268. The molecule has 3 aliphatic rings. The Hall–Kier alpha value is -2.55. The van der Waals surface area contributed by atoms with E-state index in [0.29, 0.717) is 5.57 Å². The number of aliphatic imine (C=N–C) groups is 1. The van der Waals surface area contributed by atoms with E-state index in [1.165, 1.54) is 6.21 Å². The molecule has 0 aromatic carbocycles. The van der Waals surface area contributed by atoms with Crippen molar-refractivity contribution in [3.05, 3.63) is 58.7 Å². The van der Waals surface area contributed by atoms with Crippen molar-refractivity contribution >= 4 is 6.21 Å². The largest absolute Gasteiger partial charge is 0.463 e. The molecule has 3 aliphatic heterocycles. The maximum atomic E-state index is 14.3. The number of allylic oxidation sites excluding steroid dienone is 7. The van der Waals surface area contributed by atoms with Crippen LogP contribution >= 0.6 is 0 Å². The van der Waals surface area contributed by atoms with Gasteiger partial charge in [-0.25, -0.2) is 9.38 Å². The standard InChI is InChI=1S/C16H16F4N4O/c1-9-5-12(6-13-8-22-23-24(9)13)11-3-4-21-15(14(17)7-11)25-10(2)16(18,19)20/h4-8,10,22-23H,3H2,1-2H3. The molecule has 3 heterocycles. The van der Waals surface area contributed by atoms with Crippen molar-refractivity contribution in [1.82, 2.24) is 16.0 Å². The Bertz CT molecular complexity index is 759. The molecule has 5 nitrogen and oxygen atoms in total. The normalized spacial score (nSPS) is 21.6. The lowest BCUT2D eigenvalue weighted by atomic mass is 9.98. The molecule has 1 unspecified atom stereocenters. The van der Waals surface area contributed by atoms with Gasteiger partial charge in [-0.05, 0) is 43.2 Å². The summed E-state index contributed by atoms with van der Waals surface area (Å²) in [4.78, 5) is 3.70. The summed E-state index contributed by atoms with van der Waals surface area (Å²) in [5.41, 5.74) is 8.82. The van der Waals surface area contributed by atoms with Gasteiger partial charge in [0.05, 0.1) is 5.70 Å². The second kappa shape index (κ2) is 6.40. The van der Waals surface area contributed by atoms with Crippen LogP contribution < -0.4 is 11.0 Å². The lowest BCUT2D eigenvalue weighted by Crippen LogP contribution is -2.36. The second-order valence-corrected chi connectivity index (χ2v) is 5.69. The monoisotopic (exact) mass is 356 g/mol. The van der Waals surface area contributed by atoms with Gasteiger partial charge in [0, 0.05) is 24.5 Å². The summed E-state index contributed by atoms with van der Waals surface area (Å²) in [6.45, 7) is 2.68. The molecule has 0 spiro atoms. The summed E-state index contributed by atoms with van der Waals surface area (Å²) < 4.78 is 56.7. The minimum Gasteiger partial charge on any atom is -0.463 e. The Labute approximate surface area is 141 Å². The number of nitrogens with zero attached hydrogens (tertiary/aromatic N) is 2. The maximum Gasteiger partial charge on any atom is 0.425 e. The van der Waals surface area contributed by atoms with E-state index < -0.39 is 24.0 Å². The fraction of sp³-hybridized carbons (Fsp3) is 0.312. The zero-order chi connectivity index (χ0) is 18.2. The zero-order valence-electron chi connectivity index (χ0n) is 13.5. The highest BCUT2D eigenvalue weighted by Gasteiger charge is 2.39. The van der Waals surface area contributed by atoms with E-state index in [1.807, 2.05) is 19.1 Å². The first kappa shape index (κ1) is 17.3. The van der Waals surface area contributed by atoms with Crippen molar-refractivity contribution in [3.63, 3.8) is 0 Å². The first-order chi connectivity index (χ1) is 11.8. The van der Waals surface area contributed by atoms with Crippen LogP contribution in [-0.2, 0) is 4.74 Å². The average Bonchev–Trinajstić information content (AvgIpc) is 2.93. The topological polar surface area (TPSA) is 48.9 Å². The van der Waals surface area contributed by atoms with Gasteiger partial charge in [0.1, 0.15) is 0 Å². The van der Waals surface area contributed by atoms with Gasteiger partial charge in [-0.15, -0.1) is 5.53 Å². The molecule has 3 rings (SSSR count). The zero-order valence-corrected chi connectivity index (χ0v) is 13.5. The van der Waals surface area contributed by atoms with Gasteiger partial charge in [-0.2, -0.15) is 13.2 Å². The van der Waals surface area contributed by atoms with Crippen molar-refractivity contribution in [3.8, 4) is 0 Å². The molecule has 0 saturated carbocycles. The quantitative estimate of drug-likeness (QED) is 0.760. The molecule has 25 heavy (non-hydrogen) atoms. The van der Waals surface area contributed by atoms with E-state index in [1.54, 1.807) is 11.2 Å². The molecular weight excluding hydrogens is 340 g/mol. The Morgan fingerprint density at radius 3 is 2.76 bits per heavy atom. The van der Waals surface area contributed by atoms with Crippen molar-refractivity contribution in [2.45, 2.75) is 32.5 Å². The summed E-state index contributed by atoms with van der Waals surface area (Å²) in [6, 6.07) is 0. The molecule has 0 aliphatic carbocycles. The Morgan fingerprint density at radius 2 is 2.04 bits per heavy atom. The van der Waals surface area contributed by atoms with Crippen molar-refractivity contribution < 1.29 is 22.3 Å². The highest BCUT2D eigenvalue weighted by Crippen LogP contribution is 2.31. The second-order valence-electron chi connectivity index (χ2n) is 5.69. The molecule has 1 atom stereocenters. The summed E-state index contributed by atoms with van der Waals surface area (Å²) in [5.74, 6) is -1.60. The first-order valence-electron chi connectivity index (χ1n) is 7.54. The number of alkyl halides is 3. The molecular formula is C16H16F4N4O. The third-order valence-electron chi connectivity index (χ3n) is 3.82. The number of fused-ring (bicyclic) bond motifs is 1. The highest BCUT2D eigenvalue weighted by atomic mass is 19.4. The van der Waals surface area contributed by atoms with Gasteiger partial charge >= 0.3 is 6.18 Å². The van der Waals surface area contributed by atoms with Gasteiger partial charge in [0.2, 0.25) is 0 Å². The number of hydrazine groups is 2. The molecule has 0 bridgehead atoms. The third kappa shape index (κ3) is 3.60. The molecule has 0 radical (unpaired) electrons. The fourth-order valence-corrected chi connectivity index (χ4v) is 2.46. The molecule has 0 saturated heterocycles. The summed E-state index contributed by atoms with van der Waals surface area (Å²) in [5, 5.41) is 1.81. The van der Waals surface area contributed by atoms with Crippen molar-refractivity contribution in [2.24, 2.45) is 4.99 Å². The van der Waals surface area contributed by atoms with Crippen LogP contribution in [0.15, 0.2) is 63.7 Å². The molecule has 9 heteroatoms. The lowest BCUT2D eigenvalue weighted by Gasteiger charge is -2.25. The summed E-state index contributed by atoms with van der Waals surface area (Å²) in [6.07, 6.45) is 1.45. The van der Waals surface area contributed by atoms with Gasteiger partial charge < -0.3 is 10.2 Å². The SMILES string of the molecule is CC1=CC(C2=CC(F)=C(OC(C)C(F)(F)F)N=CC2)=CC2=CNNN12. The number of ether oxygens (including phenoxy) is 1. The molecule has 0 fully saturated rings. The number of halogens is 4. The molecule has 0 aromatic heterocycles. The number of rotatable bonds is 3. The smallest absolute Gasteiger partial charge is 0.425 e. The molecule has 0 amide bonds. The number of nitrogens with one attached hydrogen (secondary N) is 2. The number of hydrogen-bond donors (Lipinski definition) is 2. The fourth-order valence-electron chi connectivity index (χ4n) is 2.46. The van der Waals surface area contributed by atoms with E-state index in [0.717, 1.165) is 30.0 Å². The summed E-state index contributed by atoms with van der Waals surface area (Å²) >= 11 is 0. The highest BCUT2D eigenvalue weighted by molar-refractivity contribution is 5.68. The average molecular weight is 356 g/mol. The first-order valence-corrected chi connectivity index (χ1v) is 7.54. The molecule has 0 aromatic rings. The van der Waals surface area contributed by atoms with Gasteiger partial charge in [0.25, 0.3) is 5.88 Å². The van der Waals surface area contributed by atoms with E-state index in [9.17, 15) is 17.6 Å². The van der Waals surface area contributed by atoms with E-state index in [2.05, 4.69) is 20.7 Å². The lowest BCUT2D eigenvalue weighted by molar-refractivity contribution is -0.204. The van der Waals surface area contributed by atoms with Crippen LogP contribution in [0, 0.1) is 0 Å². The maximum absolute atomic E-state index is 14.3. The number of hydrogen-bond acceptors (Lipinski definition) is 5. The van der Waals surface area contributed by atoms with Gasteiger partial charge in [-0.3, -0.25) is 5.01 Å².